The van der Waals surface area contributed by atoms with Crippen LogP contribution in [0.5, 0.6) is 0 Å². The Kier molecular flexibility index (Phi) is 6.22. The van der Waals surface area contributed by atoms with Crippen molar-refractivity contribution < 1.29 is 0 Å². The van der Waals surface area contributed by atoms with Gasteiger partial charge in [-0.15, -0.1) is 0 Å². The zero-order valence-corrected chi connectivity index (χ0v) is 14.1. The minimum Gasteiger partial charge on any atom is -0.312 e. The minimum atomic E-state index is 0.709. The van der Waals surface area contributed by atoms with Crippen LogP contribution in [0.1, 0.15) is 31.4 Å². The predicted octanol–water partition coefficient (Wildman–Crippen LogP) is 2.57. The molecule has 0 saturated carbocycles. The van der Waals surface area contributed by atoms with E-state index in [0.717, 1.165) is 25.7 Å². The van der Waals surface area contributed by atoms with Crippen molar-refractivity contribution in [1.82, 2.24) is 15.1 Å². The van der Waals surface area contributed by atoms with Crippen molar-refractivity contribution in [2.75, 3.05) is 33.7 Å². The van der Waals surface area contributed by atoms with Crippen molar-refractivity contribution in [3.8, 4) is 0 Å². The summed E-state index contributed by atoms with van der Waals surface area (Å²) in [5.41, 5.74) is 2.84. The molecule has 1 unspecified atom stereocenters. The molecule has 2 rings (SSSR count). The predicted molar refractivity (Wildman–Crippen MR) is 90.4 cm³/mol. The van der Waals surface area contributed by atoms with Crippen molar-refractivity contribution in [3.05, 3.63) is 35.4 Å². The third-order valence-corrected chi connectivity index (χ3v) is 4.26. The normalized spacial score (nSPS) is 19.8. The Balaban J connectivity index is 1.84. The quantitative estimate of drug-likeness (QED) is 0.832. The molecule has 0 bridgehead atoms. The highest BCUT2D eigenvalue weighted by atomic mass is 15.2. The zero-order chi connectivity index (χ0) is 15.2. The van der Waals surface area contributed by atoms with Gasteiger partial charge in [0.1, 0.15) is 0 Å². The Labute approximate surface area is 130 Å². The smallest absolute Gasteiger partial charge is 0.0234 e. The number of likely N-dealkylation sites (N-methyl/N-ethyl adjacent to an activating group) is 1. The van der Waals surface area contributed by atoms with Crippen LogP contribution >= 0.6 is 0 Å². The lowest BCUT2D eigenvalue weighted by atomic mass is 10.1. The second-order valence-electron chi connectivity index (χ2n) is 6.99. The molecule has 0 aliphatic carbocycles. The summed E-state index contributed by atoms with van der Waals surface area (Å²) in [7, 11) is 4.38. The highest BCUT2D eigenvalue weighted by Crippen LogP contribution is 2.17. The van der Waals surface area contributed by atoms with Gasteiger partial charge in [0.05, 0.1) is 0 Å². The molecular formula is C18H31N3. The highest BCUT2D eigenvalue weighted by molar-refractivity contribution is 5.23. The topological polar surface area (TPSA) is 18.5 Å². The molecule has 1 aromatic rings. The molecule has 1 aliphatic heterocycles. The molecule has 0 aromatic heterocycles. The highest BCUT2D eigenvalue weighted by Gasteiger charge is 2.23. The van der Waals surface area contributed by atoms with E-state index in [1.807, 2.05) is 0 Å². The van der Waals surface area contributed by atoms with E-state index in [9.17, 15) is 0 Å². The van der Waals surface area contributed by atoms with Gasteiger partial charge in [-0.25, -0.2) is 0 Å². The van der Waals surface area contributed by atoms with Crippen LogP contribution in [0.4, 0.5) is 0 Å². The van der Waals surface area contributed by atoms with Crippen molar-refractivity contribution in [3.63, 3.8) is 0 Å². The zero-order valence-electron chi connectivity index (χ0n) is 14.1. The van der Waals surface area contributed by atoms with Gasteiger partial charge in [-0.05, 0) is 44.1 Å². The number of likely N-dealkylation sites (tertiary alicyclic amines) is 1. The maximum Gasteiger partial charge on any atom is 0.0234 e. The summed E-state index contributed by atoms with van der Waals surface area (Å²) in [6, 6.07) is 9.76. The van der Waals surface area contributed by atoms with Crippen LogP contribution < -0.4 is 5.32 Å². The summed E-state index contributed by atoms with van der Waals surface area (Å²) >= 11 is 0. The summed E-state index contributed by atoms with van der Waals surface area (Å²) in [4.78, 5) is 4.93. The van der Waals surface area contributed by atoms with Crippen molar-refractivity contribution >= 4 is 0 Å². The Hall–Kier alpha value is -0.900. The molecule has 1 N–H and O–H groups in total. The fraction of sp³-hybridized carbons (Fsp3) is 0.667. The van der Waals surface area contributed by atoms with E-state index in [1.54, 1.807) is 0 Å². The molecule has 1 atom stereocenters. The monoisotopic (exact) mass is 289 g/mol. The van der Waals surface area contributed by atoms with Crippen molar-refractivity contribution in [1.29, 1.82) is 0 Å². The molecular weight excluding hydrogens is 258 g/mol. The van der Waals surface area contributed by atoms with Gasteiger partial charge >= 0.3 is 0 Å². The number of hydrogen-bond donors (Lipinski definition) is 1. The van der Waals surface area contributed by atoms with Gasteiger partial charge in [0.25, 0.3) is 0 Å². The van der Waals surface area contributed by atoms with Gasteiger partial charge in [0.2, 0.25) is 0 Å². The van der Waals surface area contributed by atoms with Crippen LogP contribution in [-0.2, 0) is 13.1 Å². The summed E-state index contributed by atoms with van der Waals surface area (Å²) in [5.74, 6) is 0.709. The van der Waals surface area contributed by atoms with Crippen LogP contribution in [-0.4, -0.2) is 49.6 Å². The Morgan fingerprint density at radius 2 is 2.05 bits per heavy atom. The molecule has 1 aromatic carbocycles. The summed E-state index contributed by atoms with van der Waals surface area (Å²) in [6.07, 6.45) is 1.29. The van der Waals surface area contributed by atoms with Crippen molar-refractivity contribution in [2.24, 2.45) is 5.92 Å². The second kappa shape index (κ2) is 7.92. The SMILES string of the molecule is CC(C)CNCc1cccc(CN2CCC(N(C)C)C2)c1. The summed E-state index contributed by atoms with van der Waals surface area (Å²) < 4.78 is 0. The number of nitrogens with one attached hydrogen (secondary N) is 1. The lowest BCUT2D eigenvalue weighted by Crippen LogP contribution is -2.31. The molecule has 1 heterocycles. The van der Waals surface area contributed by atoms with E-state index in [0.29, 0.717) is 5.92 Å². The summed E-state index contributed by atoms with van der Waals surface area (Å²) in [6.45, 7) is 10.1. The van der Waals surface area contributed by atoms with Gasteiger partial charge in [-0.1, -0.05) is 38.1 Å². The molecule has 0 amide bonds. The van der Waals surface area contributed by atoms with Crippen LogP contribution in [0.25, 0.3) is 0 Å². The van der Waals surface area contributed by atoms with Crippen LogP contribution in [0, 0.1) is 5.92 Å². The fourth-order valence-electron chi connectivity index (χ4n) is 2.98. The number of hydrogen-bond acceptors (Lipinski definition) is 3. The van der Waals surface area contributed by atoms with Gasteiger partial charge in [0, 0.05) is 32.2 Å². The average Bonchev–Trinajstić information content (AvgIpc) is 2.87. The lowest BCUT2D eigenvalue weighted by molar-refractivity contribution is 0.264. The molecule has 1 fully saturated rings. The van der Waals surface area contributed by atoms with Gasteiger partial charge in [-0.2, -0.15) is 0 Å². The van der Waals surface area contributed by atoms with Crippen LogP contribution in [0.2, 0.25) is 0 Å². The Bertz CT molecular complexity index is 428. The number of benzene rings is 1. The minimum absolute atomic E-state index is 0.709. The van der Waals surface area contributed by atoms with Crippen molar-refractivity contribution in [2.45, 2.75) is 39.4 Å². The maximum absolute atomic E-state index is 3.52. The van der Waals surface area contributed by atoms with E-state index >= 15 is 0 Å². The van der Waals surface area contributed by atoms with E-state index in [4.69, 9.17) is 0 Å². The van der Waals surface area contributed by atoms with Gasteiger partial charge in [-0.3, -0.25) is 4.90 Å². The molecule has 1 aliphatic rings. The first-order chi connectivity index (χ1) is 10.0. The third-order valence-electron chi connectivity index (χ3n) is 4.26. The van der Waals surface area contributed by atoms with Crippen LogP contribution in [0.3, 0.4) is 0 Å². The molecule has 21 heavy (non-hydrogen) atoms. The summed E-state index contributed by atoms with van der Waals surface area (Å²) in [5, 5.41) is 3.52. The van der Waals surface area contributed by atoms with Gasteiger partial charge < -0.3 is 10.2 Å². The standard InChI is InChI=1S/C18H31N3/c1-15(2)11-19-12-16-6-5-7-17(10-16)13-21-9-8-18(14-21)20(3)4/h5-7,10,15,18-19H,8-9,11-14H2,1-4H3. The second-order valence-corrected chi connectivity index (χ2v) is 6.99. The first-order valence-electron chi connectivity index (χ1n) is 8.22. The van der Waals surface area contributed by atoms with E-state index in [1.165, 1.54) is 30.6 Å². The maximum atomic E-state index is 3.52. The Morgan fingerprint density at radius 3 is 2.71 bits per heavy atom. The first-order valence-corrected chi connectivity index (χ1v) is 8.22. The number of nitrogens with zero attached hydrogens (tertiary/aromatic N) is 2. The molecule has 0 radical (unpaired) electrons. The largest absolute Gasteiger partial charge is 0.312 e. The molecule has 0 spiro atoms. The van der Waals surface area contributed by atoms with E-state index < -0.39 is 0 Å². The van der Waals surface area contributed by atoms with E-state index in [2.05, 4.69) is 67.3 Å². The number of rotatable bonds is 7. The van der Waals surface area contributed by atoms with Gasteiger partial charge in [0.15, 0.2) is 0 Å². The molecule has 1 saturated heterocycles. The Morgan fingerprint density at radius 1 is 1.29 bits per heavy atom. The third kappa shape index (κ3) is 5.42. The lowest BCUT2D eigenvalue weighted by Gasteiger charge is -2.20. The average molecular weight is 289 g/mol. The molecule has 3 heteroatoms. The fourth-order valence-corrected chi connectivity index (χ4v) is 2.98. The van der Waals surface area contributed by atoms with Crippen LogP contribution in [0.15, 0.2) is 24.3 Å². The van der Waals surface area contributed by atoms with E-state index in [-0.39, 0.29) is 0 Å². The molecule has 3 nitrogen and oxygen atoms in total. The first kappa shape index (κ1) is 16.5. The molecule has 118 valence electrons.